The van der Waals surface area contributed by atoms with Crippen molar-refractivity contribution in [2.24, 2.45) is 11.3 Å². The number of carbonyl (C=O) groups is 4. The molecule has 304 valence electrons. The Morgan fingerprint density at radius 3 is 2.35 bits per heavy atom. The number of carbonyl (C=O) groups excluding carboxylic acids is 4. The number of aromatic nitrogens is 1. The lowest BCUT2D eigenvalue weighted by Gasteiger charge is -2.36. The van der Waals surface area contributed by atoms with E-state index in [1.54, 1.807) is 60.8 Å². The van der Waals surface area contributed by atoms with Crippen LogP contribution in [0.5, 0.6) is 11.6 Å². The topological polar surface area (TPSA) is 195 Å². The molecule has 1 saturated heterocycles. The summed E-state index contributed by atoms with van der Waals surface area (Å²) in [5, 5.41) is 6.94. The molecule has 0 bridgehead atoms. The lowest BCUT2D eigenvalue weighted by Crippen LogP contribution is -2.60. The van der Waals surface area contributed by atoms with Gasteiger partial charge < -0.3 is 34.2 Å². The average Bonchev–Trinajstić information content (AvgIpc) is 4.04. The third-order valence-electron chi connectivity index (χ3n) is 10.6. The van der Waals surface area contributed by atoms with Gasteiger partial charge in [0.25, 0.3) is 5.91 Å². The molecule has 16 heteroatoms. The Hall–Kier alpha value is -5.38. The maximum Gasteiger partial charge on any atom is 0.408 e. The summed E-state index contributed by atoms with van der Waals surface area (Å²) in [6, 6.07) is 10.5. The van der Waals surface area contributed by atoms with Gasteiger partial charge in [0.2, 0.25) is 27.7 Å². The normalized spacial score (nSPS) is 22.9. The van der Waals surface area contributed by atoms with E-state index in [1.807, 2.05) is 30.3 Å². The number of alkyl carbamates (subject to hydrolysis) is 1. The second kappa shape index (κ2) is 14.2. The van der Waals surface area contributed by atoms with Gasteiger partial charge >= 0.3 is 6.09 Å². The lowest BCUT2D eigenvalue weighted by molar-refractivity contribution is -0.143. The molecule has 0 unspecified atom stereocenters. The molecule has 5 atom stereocenters. The third-order valence-corrected chi connectivity index (χ3v) is 12.5. The van der Waals surface area contributed by atoms with Gasteiger partial charge in [-0.15, -0.1) is 6.58 Å². The van der Waals surface area contributed by atoms with Crippen molar-refractivity contribution < 1.29 is 46.2 Å². The molecule has 2 saturated carbocycles. The van der Waals surface area contributed by atoms with E-state index in [-0.39, 0.29) is 25.3 Å². The quantitative estimate of drug-likeness (QED) is 0.171. The number of likely N-dealkylation sites (tertiary alicyclic amines) is 1. The smallest absolute Gasteiger partial charge is 0.408 e. The number of amides is 4. The number of nitrogens with zero attached hydrogens (tertiary/aromatic N) is 2. The zero-order valence-corrected chi connectivity index (χ0v) is 33.9. The molecule has 3 heterocycles. The molecular weight excluding hydrogens is 755 g/mol. The van der Waals surface area contributed by atoms with Crippen LogP contribution in [-0.2, 0) is 29.1 Å². The summed E-state index contributed by atoms with van der Waals surface area (Å²) in [5.74, 6) is -1.81. The summed E-state index contributed by atoms with van der Waals surface area (Å²) in [7, 11) is -2.36. The summed E-state index contributed by atoms with van der Waals surface area (Å²) in [6.45, 7) is 14.1. The number of fused-ring (bicyclic) bond motifs is 5. The van der Waals surface area contributed by atoms with Crippen LogP contribution in [0, 0.1) is 11.3 Å². The molecule has 2 aromatic heterocycles. The number of ether oxygens (including phenoxy) is 3. The number of hydrogen-bond donors (Lipinski definition) is 3. The molecule has 57 heavy (non-hydrogen) atoms. The van der Waals surface area contributed by atoms with Crippen LogP contribution in [0.25, 0.3) is 32.8 Å². The summed E-state index contributed by atoms with van der Waals surface area (Å²) < 4.78 is 51.6. The van der Waals surface area contributed by atoms with Crippen LogP contribution in [0.3, 0.4) is 0 Å². The summed E-state index contributed by atoms with van der Waals surface area (Å²) >= 11 is 0. The molecule has 1 aliphatic heterocycles. The minimum absolute atomic E-state index is 0.0221. The molecule has 15 nitrogen and oxygen atoms in total. The van der Waals surface area contributed by atoms with Crippen LogP contribution >= 0.6 is 0 Å². The molecule has 4 amide bonds. The van der Waals surface area contributed by atoms with E-state index in [0.29, 0.717) is 46.0 Å². The van der Waals surface area contributed by atoms with E-state index in [0.717, 1.165) is 5.39 Å². The van der Waals surface area contributed by atoms with E-state index in [1.165, 1.54) is 11.0 Å². The highest BCUT2D eigenvalue weighted by atomic mass is 32.2. The van der Waals surface area contributed by atoms with Crippen LogP contribution in [-0.4, -0.2) is 90.3 Å². The molecule has 3 aliphatic rings. The van der Waals surface area contributed by atoms with E-state index >= 15 is 0 Å². The molecule has 7 rings (SSSR count). The summed E-state index contributed by atoms with van der Waals surface area (Å²) in [4.78, 5) is 62.0. The predicted octanol–water partition coefficient (Wildman–Crippen LogP) is 5.10. The number of benzene rings is 2. The van der Waals surface area contributed by atoms with Crippen LogP contribution in [0.4, 0.5) is 4.79 Å². The van der Waals surface area contributed by atoms with Crippen molar-refractivity contribution >= 4 is 66.7 Å². The maximum absolute atomic E-state index is 14.7. The molecule has 3 N–H and O–H groups in total. The van der Waals surface area contributed by atoms with Crippen molar-refractivity contribution in [1.29, 1.82) is 0 Å². The van der Waals surface area contributed by atoms with Crippen molar-refractivity contribution in [2.75, 3.05) is 13.7 Å². The van der Waals surface area contributed by atoms with E-state index in [4.69, 9.17) is 23.6 Å². The Morgan fingerprint density at radius 2 is 1.74 bits per heavy atom. The Bertz CT molecular complexity index is 2410. The summed E-state index contributed by atoms with van der Waals surface area (Å²) in [5.41, 5.74) is -1.59. The van der Waals surface area contributed by atoms with Crippen molar-refractivity contribution in [3.8, 4) is 11.6 Å². The van der Waals surface area contributed by atoms with Crippen molar-refractivity contribution in [3.05, 3.63) is 55.1 Å². The Labute approximate surface area is 330 Å². The number of hydrogen-bond acceptors (Lipinski definition) is 11. The monoisotopic (exact) mass is 803 g/mol. The predicted molar refractivity (Wildman–Crippen MR) is 212 cm³/mol. The highest BCUT2D eigenvalue weighted by Gasteiger charge is 2.62. The zero-order valence-electron chi connectivity index (χ0n) is 33.1. The highest BCUT2D eigenvalue weighted by Crippen LogP contribution is 2.46. The fourth-order valence-corrected chi connectivity index (χ4v) is 8.76. The van der Waals surface area contributed by atoms with Gasteiger partial charge in [-0.25, -0.2) is 18.2 Å². The second-order valence-electron chi connectivity index (χ2n) is 17.2. The first-order valence-electron chi connectivity index (χ1n) is 19.0. The lowest BCUT2D eigenvalue weighted by atomic mass is 9.85. The van der Waals surface area contributed by atoms with Gasteiger partial charge in [-0.3, -0.25) is 19.1 Å². The molecule has 3 fully saturated rings. The van der Waals surface area contributed by atoms with Gasteiger partial charge in [0.1, 0.15) is 46.2 Å². The average molecular weight is 804 g/mol. The van der Waals surface area contributed by atoms with Gasteiger partial charge in [0, 0.05) is 23.1 Å². The Balaban J connectivity index is 1.24. The van der Waals surface area contributed by atoms with Crippen molar-refractivity contribution in [2.45, 2.75) is 102 Å². The summed E-state index contributed by atoms with van der Waals surface area (Å²) in [6.07, 6.45) is 0.891. The van der Waals surface area contributed by atoms with Gasteiger partial charge in [0.05, 0.1) is 24.3 Å². The molecule has 0 spiro atoms. The van der Waals surface area contributed by atoms with Crippen LogP contribution in [0.1, 0.15) is 67.2 Å². The first kappa shape index (κ1) is 39.8. The van der Waals surface area contributed by atoms with Crippen LogP contribution < -0.4 is 24.8 Å². The number of nitrogens with one attached hydrogen (secondary N) is 3. The largest absolute Gasteiger partial charge is 0.497 e. The molecular formula is C41H49N5O10S. The van der Waals surface area contributed by atoms with Gasteiger partial charge in [-0.1, -0.05) is 45.0 Å². The van der Waals surface area contributed by atoms with Crippen molar-refractivity contribution in [1.82, 2.24) is 25.2 Å². The fraction of sp³-hybridized carbons (Fsp3) is 0.488. The second-order valence-corrected chi connectivity index (χ2v) is 19.2. The van der Waals surface area contributed by atoms with Gasteiger partial charge in [-0.05, 0) is 69.7 Å². The number of rotatable bonds is 11. The maximum atomic E-state index is 14.7. The molecule has 0 radical (unpaired) electrons. The standard InChI is InChI=1S/C41H49N5O10S/c1-9-22-20-41(22,37(49)45-57(51,52)25-15-16-25)44-34(47)29-19-24(21-46(29)36(48)33(39(2,3)4)43-38(50)56-40(5,6)7)54-35-27-13-11-10-12-26(27)32-31(42-35)28-18-23(53-8)14-17-30(28)55-32/h9-14,17-18,22,24-25,29,33H,1,15-16,19-21H2,2-8H3,(H,43,50)(H,44,47)(H,45,49)/t22-,24-,29+,33-,41-/m1/s1. The molecule has 4 aromatic rings. The zero-order chi connectivity index (χ0) is 41.2. The Kier molecular flexibility index (Phi) is 9.94. The third kappa shape index (κ3) is 7.83. The van der Waals surface area contributed by atoms with E-state index < -0.39 is 79.7 Å². The number of furan rings is 1. The van der Waals surface area contributed by atoms with Crippen molar-refractivity contribution in [3.63, 3.8) is 0 Å². The Morgan fingerprint density at radius 1 is 1.04 bits per heavy atom. The molecule has 2 aromatic carbocycles. The highest BCUT2D eigenvalue weighted by molar-refractivity contribution is 7.91. The van der Waals surface area contributed by atoms with Gasteiger partial charge in [0.15, 0.2) is 5.58 Å². The number of pyridine rings is 1. The first-order chi connectivity index (χ1) is 26.7. The SMILES string of the molecule is C=C[C@@H]1C[C@]1(NC(=O)[C@@H]1C[C@@H](Oc2nc3c4cc(OC)ccc4oc3c3ccccc23)CN1C(=O)[C@@H](NC(=O)OC(C)(C)C)C(C)(C)C)C(=O)NS(=O)(=O)C1CC1. The van der Waals surface area contributed by atoms with Crippen LogP contribution in [0.2, 0.25) is 0 Å². The minimum atomic E-state index is -3.93. The van der Waals surface area contributed by atoms with E-state index in [2.05, 4.69) is 21.9 Å². The first-order valence-corrected chi connectivity index (χ1v) is 20.6. The van der Waals surface area contributed by atoms with E-state index in [9.17, 15) is 27.6 Å². The minimum Gasteiger partial charge on any atom is -0.497 e. The van der Waals surface area contributed by atoms with Gasteiger partial charge in [-0.2, -0.15) is 0 Å². The molecule has 2 aliphatic carbocycles. The number of methoxy groups -OCH3 is 1. The fourth-order valence-electron chi connectivity index (χ4n) is 7.40. The number of sulfonamides is 1. The van der Waals surface area contributed by atoms with Crippen LogP contribution in [0.15, 0.2) is 59.5 Å².